The number of ketones is 1. The van der Waals surface area contributed by atoms with Crippen LogP contribution in [0.2, 0.25) is 5.02 Å². The number of rotatable bonds is 5. The first-order chi connectivity index (χ1) is 15.8. The average molecular weight is 466 g/mol. The minimum absolute atomic E-state index is 0.0114. The number of carbonyl (C=O) groups excluding carboxylic acids is 2. The van der Waals surface area contributed by atoms with E-state index in [0.717, 1.165) is 22.6 Å². The van der Waals surface area contributed by atoms with E-state index in [1.807, 2.05) is 57.2 Å². The van der Waals surface area contributed by atoms with Gasteiger partial charge in [-0.1, -0.05) is 41.9 Å². The number of esters is 1. The molecule has 0 spiro atoms. The van der Waals surface area contributed by atoms with Crippen LogP contribution >= 0.6 is 11.6 Å². The summed E-state index contributed by atoms with van der Waals surface area (Å²) in [5.41, 5.74) is 4.50. The van der Waals surface area contributed by atoms with Crippen LogP contribution in [0.4, 0.5) is 0 Å². The fourth-order valence-electron chi connectivity index (χ4n) is 4.80. The molecule has 0 aromatic heterocycles. The van der Waals surface area contributed by atoms with Gasteiger partial charge in [0.25, 0.3) is 0 Å². The van der Waals surface area contributed by atoms with Crippen LogP contribution in [-0.4, -0.2) is 25.0 Å². The number of allylic oxidation sites excluding steroid dienone is 3. The first-order valence-corrected chi connectivity index (χ1v) is 11.5. The highest BCUT2D eigenvalue weighted by Gasteiger charge is 2.41. The Morgan fingerprint density at radius 1 is 1.09 bits per heavy atom. The molecule has 4 rings (SSSR count). The maximum Gasteiger partial charge on any atom is 0.337 e. The van der Waals surface area contributed by atoms with Gasteiger partial charge in [-0.3, -0.25) is 4.79 Å². The highest BCUT2D eigenvalue weighted by Crippen LogP contribution is 2.47. The van der Waals surface area contributed by atoms with E-state index in [2.05, 4.69) is 5.32 Å². The number of benzene rings is 2. The molecule has 33 heavy (non-hydrogen) atoms. The van der Waals surface area contributed by atoms with E-state index in [4.69, 9.17) is 21.1 Å². The standard InChI is InChI=1S/C27H28ClNO4/c1-15(2)33-27(31)24-16(3)29-21-13-18(20-7-5-6-8-23(20)32-4)14-22(30)26(21)25(24)17-9-11-19(28)12-10-17/h5-12,15,18,25,29H,13-14H2,1-4H3/t18-,25+/m1/s1. The van der Waals surface area contributed by atoms with E-state index < -0.39 is 11.9 Å². The quantitative estimate of drug-likeness (QED) is 0.577. The molecule has 1 aliphatic heterocycles. The van der Waals surface area contributed by atoms with Crippen molar-refractivity contribution in [2.75, 3.05) is 7.11 Å². The van der Waals surface area contributed by atoms with Gasteiger partial charge in [-0.25, -0.2) is 4.79 Å². The molecule has 0 amide bonds. The Morgan fingerprint density at radius 2 is 1.79 bits per heavy atom. The lowest BCUT2D eigenvalue weighted by Crippen LogP contribution is -2.36. The van der Waals surface area contributed by atoms with E-state index in [9.17, 15) is 9.59 Å². The minimum atomic E-state index is -0.504. The van der Waals surface area contributed by atoms with Crippen molar-refractivity contribution in [3.8, 4) is 5.75 Å². The van der Waals surface area contributed by atoms with Crippen molar-refractivity contribution < 1.29 is 19.1 Å². The highest BCUT2D eigenvalue weighted by molar-refractivity contribution is 6.30. The maximum atomic E-state index is 13.6. The zero-order chi connectivity index (χ0) is 23.7. The van der Waals surface area contributed by atoms with Crippen LogP contribution in [0.25, 0.3) is 0 Å². The van der Waals surface area contributed by atoms with Crippen molar-refractivity contribution in [3.63, 3.8) is 0 Å². The molecule has 1 N–H and O–H groups in total. The summed E-state index contributed by atoms with van der Waals surface area (Å²) in [4.78, 5) is 26.7. The number of hydrogen-bond donors (Lipinski definition) is 1. The second-order valence-corrected chi connectivity index (χ2v) is 9.20. The lowest BCUT2D eigenvalue weighted by atomic mass is 9.71. The average Bonchev–Trinajstić information content (AvgIpc) is 2.78. The fourth-order valence-corrected chi connectivity index (χ4v) is 4.93. The molecule has 2 aromatic rings. The van der Waals surface area contributed by atoms with Gasteiger partial charge < -0.3 is 14.8 Å². The summed E-state index contributed by atoms with van der Waals surface area (Å²) in [6, 6.07) is 15.1. The van der Waals surface area contributed by atoms with Crippen molar-refractivity contribution in [1.82, 2.24) is 5.32 Å². The zero-order valence-corrected chi connectivity index (χ0v) is 20.0. The predicted octanol–water partition coefficient (Wildman–Crippen LogP) is 5.66. The minimum Gasteiger partial charge on any atom is -0.496 e. The summed E-state index contributed by atoms with van der Waals surface area (Å²) in [5.74, 6) is -0.139. The molecule has 2 aromatic carbocycles. The molecule has 5 nitrogen and oxygen atoms in total. The predicted molar refractivity (Wildman–Crippen MR) is 128 cm³/mol. The summed E-state index contributed by atoms with van der Waals surface area (Å²) >= 11 is 6.12. The van der Waals surface area contributed by atoms with E-state index in [-0.39, 0.29) is 17.8 Å². The third-order valence-corrected chi connectivity index (χ3v) is 6.42. The van der Waals surface area contributed by atoms with Crippen molar-refractivity contribution in [2.24, 2.45) is 0 Å². The first kappa shape index (κ1) is 23.1. The summed E-state index contributed by atoms with van der Waals surface area (Å²) in [6.45, 7) is 5.49. The van der Waals surface area contributed by atoms with E-state index >= 15 is 0 Å². The third-order valence-electron chi connectivity index (χ3n) is 6.17. The van der Waals surface area contributed by atoms with Gasteiger partial charge in [0.15, 0.2) is 5.78 Å². The van der Waals surface area contributed by atoms with Gasteiger partial charge in [0, 0.05) is 40.2 Å². The number of Topliss-reactive ketones (excluding diaryl/α,β-unsaturated/α-hetero) is 1. The van der Waals surface area contributed by atoms with Crippen molar-refractivity contribution in [1.29, 1.82) is 0 Å². The zero-order valence-electron chi connectivity index (χ0n) is 19.3. The molecule has 0 unspecified atom stereocenters. The van der Waals surface area contributed by atoms with Crippen LogP contribution in [0.1, 0.15) is 56.6 Å². The van der Waals surface area contributed by atoms with Crippen molar-refractivity contribution in [2.45, 2.75) is 51.6 Å². The molecule has 0 radical (unpaired) electrons. The largest absolute Gasteiger partial charge is 0.496 e. The van der Waals surface area contributed by atoms with Gasteiger partial charge in [0.1, 0.15) is 5.75 Å². The Kier molecular flexibility index (Phi) is 6.61. The lowest BCUT2D eigenvalue weighted by Gasteiger charge is -2.37. The van der Waals surface area contributed by atoms with Crippen LogP contribution in [0.15, 0.2) is 71.1 Å². The van der Waals surface area contributed by atoms with Gasteiger partial charge in [0.2, 0.25) is 0 Å². The van der Waals surface area contributed by atoms with E-state index in [0.29, 0.717) is 34.7 Å². The van der Waals surface area contributed by atoms with Crippen molar-refractivity contribution >= 4 is 23.4 Å². The topological polar surface area (TPSA) is 64.6 Å². The molecular weight excluding hydrogens is 438 g/mol. The molecule has 1 heterocycles. The van der Waals surface area contributed by atoms with Gasteiger partial charge in [-0.05, 0) is 56.5 Å². The van der Waals surface area contributed by atoms with Crippen LogP contribution in [0, 0.1) is 0 Å². The number of dihydropyridines is 1. The SMILES string of the molecule is COc1ccccc1[C@H]1CC(=O)C2=C(C1)NC(C)=C(C(=O)OC(C)C)[C@@H]2c1ccc(Cl)cc1. The summed E-state index contributed by atoms with van der Waals surface area (Å²) in [5, 5.41) is 3.97. The monoisotopic (exact) mass is 465 g/mol. The smallest absolute Gasteiger partial charge is 0.337 e. The van der Waals surface area contributed by atoms with Crippen LogP contribution in [0.3, 0.4) is 0 Å². The number of nitrogens with one attached hydrogen (secondary N) is 1. The van der Waals surface area contributed by atoms with Crippen LogP contribution in [0.5, 0.6) is 5.75 Å². The molecule has 0 fully saturated rings. The Labute approximate surface area is 199 Å². The molecule has 0 bridgehead atoms. The summed E-state index contributed by atoms with van der Waals surface area (Å²) in [6.07, 6.45) is 0.724. The van der Waals surface area contributed by atoms with Gasteiger partial charge in [-0.15, -0.1) is 0 Å². The van der Waals surface area contributed by atoms with Gasteiger partial charge in [-0.2, -0.15) is 0 Å². The number of methoxy groups -OCH3 is 1. The second kappa shape index (κ2) is 9.44. The highest BCUT2D eigenvalue weighted by atomic mass is 35.5. The normalized spacial score (nSPS) is 20.5. The molecule has 172 valence electrons. The van der Waals surface area contributed by atoms with Crippen molar-refractivity contribution in [3.05, 3.63) is 87.2 Å². The van der Waals surface area contributed by atoms with E-state index in [1.54, 1.807) is 19.2 Å². The fraction of sp³-hybridized carbons (Fsp3) is 0.333. The van der Waals surface area contributed by atoms with Crippen LogP contribution in [-0.2, 0) is 14.3 Å². The molecule has 6 heteroatoms. The summed E-state index contributed by atoms with van der Waals surface area (Å²) in [7, 11) is 1.64. The summed E-state index contributed by atoms with van der Waals surface area (Å²) < 4.78 is 11.1. The van der Waals surface area contributed by atoms with Gasteiger partial charge >= 0.3 is 5.97 Å². The molecule has 2 aliphatic rings. The number of hydrogen-bond acceptors (Lipinski definition) is 5. The van der Waals surface area contributed by atoms with E-state index in [1.165, 1.54) is 0 Å². The molecule has 1 aliphatic carbocycles. The Balaban J connectivity index is 1.80. The number of halogens is 1. The number of ether oxygens (including phenoxy) is 2. The first-order valence-electron chi connectivity index (χ1n) is 11.1. The number of carbonyl (C=O) groups is 2. The second-order valence-electron chi connectivity index (χ2n) is 8.76. The number of para-hydroxylation sites is 1. The Morgan fingerprint density at radius 3 is 2.45 bits per heavy atom. The maximum absolute atomic E-state index is 13.6. The molecule has 2 atom stereocenters. The lowest BCUT2D eigenvalue weighted by molar-refractivity contribution is -0.143. The Bertz CT molecular complexity index is 1150. The van der Waals surface area contributed by atoms with Gasteiger partial charge in [0.05, 0.1) is 18.8 Å². The molecular formula is C27H28ClNO4. The Hall–Kier alpha value is -3.05. The van der Waals surface area contributed by atoms with Crippen LogP contribution < -0.4 is 10.1 Å². The molecule has 0 saturated heterocycles. The molecule has 0 saturated carbocycles. The third kappa shape index (κ3) is 4.55.